The number of nitrogens with one attached hydrogen (secondary N) is 1. The van der Waals surface area contributed by atoms with Crippen molar-refractivity contribution >= 4 is 11.9 Å². The first-order valence-electron chi connectivity index (χ1n) is 6.67. The quantitative estimate of drug-likeness (QED) is 0.582. The second-order valence-corrected chi connectivity index (χ2v) is 5.06. The van der Waals surface area contributed by atoms with Gasteiger partial charge in [-0.1, -0.05) is 0 Å². The minimum absolute atomic E-state index is 0.104. The van der Waals surface area contributed by atoms with Crippen LogP contribution in [0.25, 0.3) is 0 Å². The second-order valence-electron chi connectivity index (χ2n) is 5.06. The van der Waals surface area contributed by atoms with E-state index < -0.39 is 0 Å². The van der Waals surface area contributed by atoms with Gasteiger partial charge >= 0.3 is 0 Å². The molecule has 112 valence electrons. The Morgan fingerprint density at radius 3 is 2.60 bits per heavy atom. The van der Waals surface area contributed by atoms with Crippen LogP contribution >= 0.6 is 0 Å². The number of hydrogen-bond donors (Lipinski definition) is 2. The monoisotopic (exact) mass is 280 g/mol. The van der Waals surface area contributed by atoms with Gasteiger partial charge in [-0.2, -0.15) is 0 Å². The molecule has 0 aliphatic rings. The van der Waals surface area contributed by atoms with Crippen LogP contribution in [0, 0.1) is 6.92 Å². The smallest absolute Gasteiger partial charge is 0.272 e. The van der Waals surface area contributed by atoms with Crippen molar-refractivity contribution in [2.24, 2.45) is 5.84 Å². The van der Waals surface area contributed by atoms with Crippen molar-refractivity contribution in [3.63, 3.8) is 0 Å². The van der Waals surface area contributed by atoms with Crippen LogP contribution < -0.4 is 11.3 Å². The van der Waals surface area contributed by atoms with Crippen molar-refractivity contribution in [3.8, 4) is 0 Å². The molecule has 7 nitrogen and oxygen atoms in total. The lowest BCUT2D eigenvalue weighted by Crippen LogP contribution is -2.44. The molecule has 0 aromatic carbocycles. The van der Waals surface area contributed by atoms with Crippen molar-refractivity contribution in [1.29, 1.82) is 0 Å². The average Bonchev–Trinajstić information content (AvgIpc) is 2.37. The molecule has 7 heteroatoms. The number of amides is 1. The molecule has 0 aliphatic carbocycles. The summed E-state index contributed by atoms with van der Waals surface area (Å²) < 4.78 is 0. The lowest BCUT2D eigenvalue weighted by Gasteiger charge is -2.30. The lowest BCUT2D eigenvalue weighted by molar-refractivity contribution is 0.0673. The largest absolute Gasteiger partial charge is 0.334 e. The number of likely N-dealkylation sites (N-methyl/N-ethyl adjacent to an activating group) is 2. The Bertz CT molecular complexity index is 462. The highest BCUT2D eigenvalue weighted by molar-refractivity contribution is 5.92. The third-order valence-electron chi connectivity index (χ3n) is 2.97. The van der Waals surface area contributed by atoms with E-state index in [4.69, 9.17) is 5.84 Å². The van der Waals surface area contributed by atoms with E-state index >= 15 is 0 Å². The van der Waals surface area contributed by atoms with E-state index in [1.165, 1.54) is 0 Å². The Balaban J connectivity index is 2.98. The van der Waals surface area contributed by atoms with E-state index in [1.54, 1.807) is 17.9 Å². The van der Waals surface area contributed by atoms with Crippen LogP contribution in [-0.2, 0) is 0 Å². The van der Waals surface area contributed by atoms with Crippen LogP contribution in [0.3, 0.4) is 0 Å². The molecule has 20 heavy (non-hydrogen) atoms. The maximum absolute atomic E-state index is 12.6. The van der Waals surface area contributed by atoms with Crippen molar-refractivity contribution in [2.45, 2.75) is 26.8 Å². The summed E-state index contributed by atoms with van der Waals surface area (Å²) in [5.74, 6) is 5.46. The van der Waals surface area contributed by atoms with E-state index in [9.17, 15) is 4.79 Å². The fourth-order valence-electron chi connectivity index (χ4n) is 2.17. The van der Waals surface area contributed by atoms with Gasteiger partial charge in [0.15, 0.2) is 0 Å². The molecular formula is C13H24N6O. The number of carbonyl (C=O) groups is 1. The predicted octanol–water partition coefficient (Wildman–Crippen LogP) is 0.483. The van der Waals surface area contributed by atoms with Crippen molar-refractivity contribution in [2.75, 3.05) is 32.6 Å². The van der Waals surface area contributed by atoms with Crippen LogP contribution in [0.4, 0.5) is 5.95 Å². The minimum Gasteiger partial charge on any atom is -0.334 e. The Kier molecular flexibility index (Phi) is 5.84. The van der Waals surface area contributed by atoms with Crippen molar-refractivity contribution in [1.82, 2.24) is 19.8 Å². The van der Waals surface area contributed by atoms with Gasteiger partial charge in [0.2, 0.25) is 5.95 Å². The summed E-state index contributed by atoms with van der Waals surface area (Å²) in [6, 6.07) is 1.78. The van der Waals surface area contributed by atoms with Gasteiger partial charge in [0.25, 0.3) is 5.91 Å². The maximum Gasteiger partial charge on any atom is 0.272 e. The number of nitrogens with two attached hydrogens (primary N) is 1. The van der Waals surface area contributed by atoms with Gasteiger partial charge in [0.1, 0.15) is 5.69 Å². The zero-order chi connectivity index (χ0) is 15.3. The summed E-state index contributed by atoms with van der Waals surface area (Å²) in [5, 5.41) is 0. The fraction of sp³-hybridized carbons (Fsp3) is 0.615. The molecule has 1 amide bonds. The molecule has 1 aromatic rings. The molecule has 1 unspecified atom stereocenters. The predicted molar refractivity (Wildman–Crippen MR) is 79.3 cm³/mol. The molecule has 1 aromatic heterocycles. The maximum atomic E-state index is 12.6. The number of hydrogen-bond acceptors (Lipinski definition) is 6. The second kappa shape index (κ2) is 7.16. The number of nitrogen functional groups attached to an aromatic ring is 1. The number of aromatic nitrogens is 2. The topological polar surface area (TPSA) is 87.4 Å². The van der Waals surface area contributed by atoms with Crippen molar-refractivity contribution in [3.05, 3.63) is 17.5 Å². The first kappa shape index (κ1) is 16.3. The number of carbonyl (C=O) groups excluding carboxylic acids is 1. The molecular weight excluding hydrogens is 256 g/mol. The Morgan fingerprint density at radius 1 is 1.45 bits per heavy atom. The van der Waals surface area contributed by atoms with E-state index in [2.05, 4.69) is 20.3 Å². The number of hydrazine groups is 1. The Hall–Kier alpha value is -1.73. The third-order valence-corrected chi connectivity index (χ3v) is 2.97. The number of anilines is 1. The summed E-state index contributed by atoms with van der Waals surface area (Å²) in [7, 11) is 3.97. The van der Waals surface area contributed by atoms with Crippen LogP contribution in [0.15, 0.2) is 6.07 Å². The number of rotatable bonds is 6. The van der Waals surface area contributed by atoms with Gasteiger partial charge in [-0.3, -0.25) is 10.2 Å². The fourth-order valence-corrected chi connectivity index (χ4v) is 2.17. The molecule has 1 heterocycles. The standard InChI is InChI=1S/C13H24N6O/c1-6-19(10(3)8-18(4)5)12(20)11-7-9(2)15-13(16-11)17-14/h7,10H,6,8,14H2,1-5H3,(H,15,16,17). The average molecular weight is 280 g/mol. The third kappa shape index (κ3) is 4.14. The van der Waals surface area contributed by atoms with Crippen LogP contribution in [0.2, 0.25) is 0 Å². The van der Waals surface area contributed by atoms with Gasteiger partial charge < -0.3 is 9.80 Å². The lowest BCUT2D eigenvalue weighted by atomic mass is 10.2. The van der Waals surface area contributed by atoms with Crippen molar-refractivity contribution < 1.29 is 4.79 Å². The summed E-state index contributed by atoms with van der Waals surface area (Å²) in [5.41, 5.74) is 3.44. The Labute approximate surface area is 120 Å². The molecule has 0 aliphatic heterocycles. The van der Waals surface area contributed by atoms with E-state index in [-0.39, 0.29) is 17.9 Å². The van der Waals surface area contributed by atoms with E-state index in [1.807, 2.05) is 27.9 Å². The summed E-state index contributed by atoms with van der Waals surface area (Å²) in [6.07, 6.45) is 0. The van der Waals surface area contributed by atoms with Crippen LogP contribution in [0.1, 0.15) is 30.0 Å². The van der Waals surface area contributed by atoms with Crippen LogP contribution in [0.5, 0.6) is 0 Å². The molecule has 3 N–H and O–H groups in total. The van der Waals surface area contributed by atoms with E-state index in [0.717, 1.165) is 6.54 Å². The zero-order valence-corrected chi connectivity index (χ0v) is 12.8. The first-order valence-corrected chi connectivity index (χ1v) is 6.67. The highest BCUT2D eigenvalue weighted by Crippen LogP contribution is 2.10. The molecule has 0 radical (unpaired) electrons. The summed E-state index contributed by atoms with van der Waals surface area (Å²) in [6.45, 7) is 7.21. The van der Waals surface area contributed by atoms with Gasteiger partial charge in [0.05, 0.1) is 0 Å². The number of aryl methyl sites for hydroxylation is 1. The first-order chi connectivity index (χ1) is 9.38. The van der Waals surface area contributed by atoms with Crippen LogP contribution in [-0.4, -0.2) is 58.9 Å². The molecule has 0 saturated carbocycles. The zero-order valence-electron chi connectivity index (χ0n) is 12.8. The molecule has 0 bridgehead atoms. The SMILES string of the molecule is CCN(C(=O)c1cc(C)nc(NN)n1)C(C)CN(C)C. The normalized spacial score (nSPS) is 12.3. The molecule has 1 atom stereocenters. The number of nitrogens with zero attached hydrogens (tertiary/aromatic N) is 4. The summed E-state index contributed by atoms with van der Waals surface area (Å²) in [4.78, 5) is 24.6. The highest BCUT2D eigenvalue weighted by atomic mass is 16.2. The Morgan fingerprint density at radius 2 is 2.10 bits per heavy atom. The molecule has 0 saturated heterocycles. The minimum atomic E-state index is -0.108. The van der Waals surface area contributed by atoms with E-state index in [0.29, 0.717) is 17.9 Å². The molecule has 1 rings (SSSR count). The van der Waals surface area contributed by atoms with Gasteiger partial charge in [0, 0.05) is 24.8 Å². The molecule has 0 spiro atoms. The van der Waals surface area contributed by atoms with Gasteiger partial charge in [-0.25, -0.2) is 15.8 Å². The van der Waals surface area contributed by atoms with Gasteiger partial charge in [-0.05, 0) is 40.9 Å². The summed E-state index contributed by atoms with van der Waals surface area (Å²) >= 11 is 0. The highest BCUT2D eigenvalue weighted by Gasteiger charge is 2.22. The van der Waals surface area contributed by atoms with Gasteiger partial charge in [-0.15, -0.1) is 0 Å². The molecule has 0 fully saturated rings.